The molecule has 2 aromatic rings. The number of ether oxygens (including phenoxy) is 1. The first-order chi connectivity index (χ1) is 11.4. The minimum atomic E-state index is -0.914. The largest absolute Gasteiger partial charge is 0.465 e. The Morgan fingerprint density at radius 2 is 1.67 bits per heavy atom. The number of hydrogen-bond donors (Lipinski definition) is 2. The Hall–Kier alpha value is -2.57. The van der Waals surface area contributed by atoms with Crippen LogP contribution >= 0.6 is 23.2 Å². The molecule has 0 bridgehead atoms. The molecule has 0 fully saturated rings. The number of anilines is 2. The molecular formula is C16H12Cl2N2O4. The van der Waals surface area contributed by atoms with Gasteiger partial charge in [0, 0.05) is 10.7 Å². The highest BCUT2D eigenvalue weighted by Crippen LogP contribution is 2.25. The van der Waals surface area contributed by atoms with E-state index in [-0.39, 0.29) is 22.0 Å². The second kappa shape index (κ2) is 7.81. The third kappa shape index (κ3) is 4.47. The summed E-state index contributed by atoms with van der Waals surface area (Å²) >= 11 is 11.7. The number of amides is 2. The SMILES string of the molecule is COC(=O)c1cccc(NC(=O)C(=O)Nc2ccc(Cl)cc2Cl)c1. The fraction of sp³-hybridized carbons (Fsp3) is 0.0625. The number of halogens is 2. The van der Waals surface area contributed by atoms with Gasteiger partial charge in [0.05, 0.1) is 23.4 Å². The fourth-order valence-corrected chi connectivity index (χ4v) is 2.26. The summed E-state index contributed by atoms with van der Waals surface area (Å²) in [4.78, 5) is 35.3. The van der Waals surface area contributed by atoms with E-state index in [1.54, 1.807) is 6.07 Å². The average molecular weight is 367 g/mol. The summed E-state index contributed by atoms with van der Waals surface area (Å²) in [7, 11) is 1.25. The summed E-state index contributed by atoms with van der Waals surface area (Å²) in [6, 6.07) is 10.5. The fourth-order valence-electron chi connectivity index (χ4n) is 1.80. The maximum Gasteiger partial charge on any atom is 0.337 e. The molecule has 124 valence electrons. The van der Waals surface area contributed by atoms with E-state index in [0.29, 0.717) is 5.02 Å². The van der Waals surface area contributed by atoms with Crippen molar-refractivity contribution < 1.29 is 19.1 Å². The summed E-state index contributed by atoms with van der Waals surface area (Å²) in [5.41, 5.74) is 0.779. The van der Waals surface area contributed by atoms with E-state index in [0.717, 1.165) is 0 Å². The monoisotopic (exact) mass is 366 g/mol. The van der Waals surface area contributed by atoms with Crippen molar-refractivity contribution >= 4 is 52.4 Å². The normalized spacial score (nSPS) is 9.96. The van der Waals surface area contributed by atoms with Crippen molar-refractivity contribution in [1.82, 2.24) is 0 Å². The van der Waals surface area contributed by atoms with Gasteiger partial charge in [0.1, 0.15) is 0 Å². The van der Waals surface area contributed by atoms with Gasteiger partial charge in [0.15, 0.2) is 0 Å². The minimum absolute atomic E-state index is 0.205. The van der Waals surface area contributed by atoms with Crippen LogP contribution in [0.15, 0.2) is 42.5 Å². The molecular weight excluding hydrogens is 355 g/mol. The summed E-state index contributed by atoms with van der Waals surface area (Å²) in [5, 5.41) is 5.37. The predicted molar refractivity (Wildman–Crippen MR) is 91.5 cm³/mol. The van der Waals surface area contributed by atoms with Gasteiger partial charge in [0.25, 0.3) is 0 Å². The molecule has 0 heterocycles. The third-order valence-electron chi connectivity index (χ3n) is 2.93. The molecule has 24 heavy (non-hydrogen) atoms. The zero-order valence-electron chi connectivity index (χ0n) is 12.4. The molecule has 0 aromatic heterocycles. The molecule has 8 heteroatoms. The van der Waals surface area contributed by atoms with Gasteiger partial charge in [-0.05, 0) is 36.4 Å². The first-order valence-corrected chi connectivity index (χ1v) is 7.42. The lowest BCUT2D eigenvalue weighted by Gasteiger charge is -2.09. The van der Waals surface area contributed by atoms with Crippen LogP contribution in [-0.4, -0.2) is 24.9 Å². The number of carbonyl (C=O) groups is 3. The van der Waals surface area contributed by atoms with Gasteiger partial charge in [-0.3, -0.25) is 9.59 Å². The highest BCUT2D eigenvalue weighted by Gasteiger charge is 2.16. The van der Waals surface area contributed by atoms with Crippen LogP contribution in [-0.2, 0) is 14.3 Å². The summed E-state index contributed by atoms with van der Waals surface area (Å²) in [5.74, 6) is -2.38. The Morgan fingerprint density at radius 1 is 0.958 bits per heavy atom. The smallest absolute Gasteiger partial charge is 0.337 e. The molecule has 2 aromatic carbocycles. The second-order valence-electron chi connectivity index (χ2n) is 4.60. The summed E-state index contributed by atoms with van der Waals surface area (Å²) in [6.07, 6.45) is 0. The van der Waals surface area contributed by atoms with Crippen LogP contribution in [0.3, 0.4) is 0 Å². The molecule has 0 radical (unpaired) electrons. The van der Waals surface area contributed by atoms with Crippen molar-refractivity contribution in [3.8, 4) is 0 Å². The molecule has 6 nitrogen and oxygen atoms in total. The van der Waals surface area contributed by atoms with Crippen LogP contribution in [0.4, 0.5) is 11.4 Å². The zero-order chi connectivity index (χ0) is 17.7. The van der Waals surface area contributed by atoms with E-state index >= 15 is 0 Å². The number of hydrogen-bond acceptors (Lipinski definition) is 4. The Bertz CT molecular complexity index is 808. The van der Waals surface area contributed by atoms with Crippen LogP contribution < -0.4 is 10.6 Å². The Kier molecular flexibility index (Phi) is 5.78. The maximum atomic E-state index is 11.9. The van der Waals surface area contributed by atoms with E-state index < -0.39 is 17.8 Å². The second-order valence-corrected chi connectivity index (χ2v) is 5.45. The quantitative estimate of drug-likeness (QED) is 0.644. The van der Waals surface area contributed by atoms with Gasteiger partial charge in [-0.25, -0.2) is 4.79 Å². The number of benzene rings is 2. The zero-order valence-corrected chi connectivity index (χ0v) is 13.9. The standard InChI is InChI=1S/C16H12Cl2N2O4/c1-24-16(23)9-3-2-4-11(7-9)19-14(21)15(22)20-13-6-5-10(17)8-12(13)18/h2-8H,1H3,(H,19,21)(H,20,22). The third-order valence-corrected chi connectivity index (χ3v) is 3.47. The highest BCUT2D eigenvalue weighted by molar-refractivity contribution is 6.45. The van der Waals surface area contributed by atoms with Crippen molar-refractivity contribution in [1.29, 1.82) is 0 Å². The lowest BCUT2D eigenvalue weighted by atomic mass is 10.2. The van der Waals surface area contributed by atoms with Crippen LogP contribution in [0.2, 0.25) is 10.0 Å². The molecule has 0 aliphatic heterocycles. The number of methoxy groups -OCH3 is 1. The molecule has 0 spiro atoms. The van der Waals surface area contributed by atoms with E-state index in [2.05, 4.69) is 15.4 Å². The Morgan fingerprint density at radius 3 is 2.33 bits per heavy atom. The van der Waals surface area contributed by atoms with Crippen molar-refractivity contribution in [3.05, 3.63) is 58.1 Å². The predicted octanol–water partition coefficient (Wildman–Crippen LogP) is 3.36. The van der Waals surface area contributed by atoms with Crippen LogP contribution in [0.25, 0.3) is 0 Å². The van der Waals surface area contributed by atoms with Gasteiger partial charge in [-0.2, -0.15) is 0 Å². The van der Waals surface area contributed by atoms with Crippen LogP contribution in [0.1, 0.15) is 10.4 Å². The van der Waals surface area contributed by atoms with Crippen molar-refractivity contribution in [2.45, 2.75) is 0 Å². The average Bonchev–Trinajstić information content (AvgIpc) is 2.56. The molecule has 0 atom stereocenters. The first kappa shape index (κ1) is 17.8. The first-order valence-electron chi connectivity index (χ1n) is 6.66. The summed E-state index contributed by atoms with van der Waals surface area (Å²) < 4.78 is 4.59. The van der Waals surface area contributed by atoms with Crippen molar-refractivity contribution in [2.75, 3.05) is 17.7 Å². The maximum absolute atomic E-state index is 11.9. The van der Waals surface area contributed by atoms with Crippen LogP contribution in [0, 0.1) is 0 Å². The molecule has 0 saturated carbocycles. The molecule has 2 amide bonds. The number of esters is 1. The topological polar surface area (TPSA) is 84.5 Å². The number of nitrogens with one attached hydrogen (secondary N) is 2. The van der Waals surface area contributed by atoms with Gasteiger partial charge in [-0.15, -0.1) is 0 Å². The lowest BCUT2D eigenvalue weighted by Crippen LogP contribution is -2.29. The molecule has 2 rings (SSSR count). The van der Waals surface area contributed by atoms with Crippen molar-refractivity contribution in [2.24, 2.45) is 0 Å². The number of rotatable bonds is 3. The molecule has 0 aliphatic carbocycles. The van der Waals surface area contributed by atoms with Gasteiger partial charge in [0.2, 0.25) is 0 Å². The molecule has 0 saturated heterocycles. The van der Waals surface area contributed by atoms with Gasteiger partial charge in [-0.1, -0.05) is 29.3 Å². The molecule has 0 aliphatic rings. The van der Waals surface area contributed by atoms with E-state index in [1.165, 1.54) is 43.5 Å². The van der Waals surface area contributed by atoms with E-state index in [1.807, 2.05) is 0 Å². The van der Waals surface area contributed by atoms with E-state index in [9.17, 15) is 14.4 Å². The Labute approximate surface area is 147 Å². The Balaban J connectivity index is 2.06. The van der Waals surface area contributed by atoms with Gasteiger partial charge < -0.3 is 15.4 Å². The lowest BCUT2D eigenvalue weighted by molar-refractivity contribution is -0.132. The summed E-state index contributed by atoms with van der Waals surface area (Å²) in [6.45, 7) is 0. The van der Waals surface area contributed by atoms with Crippen LogP contribution in [0.5, 0.6) is 0 Å². The molecule has 2 N–H and O–H groups in total. The van der Waals surface area contributed by atoms with Crippen molar-refractivity contribution in [3.63, 3.8) is 0 Å². The number of carbonyl (C=O) groups excluding carboxylic acids is 3. The van der Waals surface area contributed by atoms with E-state index in [4.69, 9.17) is 23.2 Å². The highest BCUT2D eigenvalue weighted by atomic mass is 35.5. The molecule has 0 unspecified atom stereocenters. The van der Waals surface area contributed by atoms with Gasteiger partial charge >= 0.3 is 17.8 Å². The minimum Gasteiger partial charge on any atom is -0.465 e.